The number of amides is 1. The van der Waals surface area contributed by atoms with Crippen molar-refractivity contribution in [1.82, 2.24) is 4.90 Å². The molecule has 0 saturated carbocycles. The van der Waals surface area contributed by atoms with Gasteiger partial charge in [0.15, 0.2) is 0 Å². The summed E-state index contributed by atoms with van der Waals surface area (Å²) in [4.78, 5) is 13.9. The predicted molar refractivity (Wildman–Crippen MR) is 102 cm³/mol. The quantitative estimate of drug-likeness (QED) is 0.704. The molecule has 0 unspecified atom stereocenters. The van der Waals surface area contributed by atoms with E-state index in [9.17, 15) is 9.18 Å². The van der Waals surface area contributed by atoms with Crippen LogP contribution < -0.4 is 5.46 Å². The van der Waals surface area contributed by atoms with E-state index in [0.29, 0.717) is 25.0 Å². The summed E-state index contributed by atoms with van der Waals surface area (Å²) in [6.45, 7) is 14.2. The molecule has 1 aromatic rings. The maximum atomic E-state index is 14.8. The molecule has 0 aliphatic carbocycles. The van der Waals surface area contributed by atoms with E-state index in [1.54, 1.807) is 4.90 Å². The molecule has 3 rings (SSSR count). The molecule has 2 aliphatic heterocycles. The van der Waals surface area contributed by atoms with Crippen LogP contribution in [0.4, 0.5) is 9.18 Å². The second kappa shape index (κ2) is 6.48. The number of hydrogen-bond acceptors (Lipinski definition) is 4. The first-order valence-electron chi connectivity index (χ1n) is 9.44. The van der Waals surface area contributed by atoms with Crippen LogP contribution >= 0.6 is 0 Å². The van der Waals surface area contributed by atoms with E-state index in [1.807, 2.05) is 54.5 Å². The lowest BCUT2D eigenvalue weighted by atomic mass is 9.76. The molecule has 1 fully saturated rings. The van der Waals surface area contributed by atoms with Gasteiger partial charge in [0.05, 0.1) is 11.2 Å². The van der Waals surface area contributed by atoms with Crippen LogP contribution in [-0.2, 0) is 27.0 Å². The molecule has 0 atom stereocenters. The van der Waals surface area contributed by atoms with Crippen molar-refractivity contribution in [1.29, 1.82) is 0 Å². The van der Waals surface area contributed by atoms with Crippen molar-refractivity contribution < 1.29 is 23.2 Å². The Morgan fingerprint density at radius 3 is 2.30 bits per heavy atom. The molecule has 7 heteroatoms. The van der Waals surface area contributed by atoms with Crippen LogP contribution in [0.1, 0.15) is 59.6 Å². The summed E-state index contributed by atoms with van der Waals surface area (Å²) in [6, 6.07) is 3.31. The van der Waals surface area contributed by atoms with Gasteiger partial charge in [-0.1, -0.05) is 6.07 Å². The monoisotopic (exact) mass is 377 g/mol. The molecule has 27 heavy (non-hydrogen) atoms. The van der Waals surface area contributed by atoms with E-state index in [4.69, 9.17) is 14.0 Å². The predicted octanol–water partition coefficient (Wildman–Crippen LogP) is 3.42. The zero-order valence-electron chi connectivity index (χ0n) is 17.3. The van der Waals surface area contributed by atoms with Gasteiger partial charge in [0.2, 0.25) is 0 Å². The lowest BCUT2D eigenvalue weighted by Crippen LogP contribution is -2.41. The average Bonchev–Trinajstić information content (AvgIpc) is 2.72. The standard InChI is InChI=1S/C20H29BFNO4/c1-18(2,3)25-17(24)23-9-8-13-10-15(16(22)11-14(13)12-23)21-26-19(4,5)20(6,7)27-21/h10-11H,8-9,12H2,1-7H3. The average molecular weight is 377 g/mol. The Morgan fingerprint density at radius 1 is 1.15 bits per heavy atom. The van der Waals surface area contributed by atoms with Crippen LogP contribution in [0.5, 0.6) is 0 Å². The Morgan fingerprint density at radius 2 is 1.74 bits per heavy atom. The van der Waals surface area contributed by atoms with Crippen molar-refractivity contribution >= 4 is 18.7 Å². The molecular weight excluding hydrogens is 348 g/mol. The Bertz CT molecular complexity index is 741. The number of hydrogen-bond donors (Lipinski definition) is 0. The highest BCUT2D eigenvalue weighted by atomic mass is 19.1. The molecule has 0 aromatic heterocycles. The minimum atomic E-state index is -0.732. The summed E-state index contributed by atoms with van der Waals surface area (Å²) in [5, 5.41) is 0. The zero-order chi connectivity index (χ0) is 20.2. The molecule has 1 amide bonds. The molecule has 0 bridgehead atoms. The Kier molecular flexibility index (Phi) is 4.84. The molecule has 1 aromatic carbocycles. The van der Waals surface area contributed by atoms with Gasteiger partial charge in [-0.2, -0.15) is 0 Å². The van der Waals surface area contributed by atoms with E-state index in [0.717, 1.165) is 11.1 Å². The van der Waals surface area contributed by atoms with Gasteiger partial charge in [-0.15, -0.1) is 0 Å². The second-order valence-corrected chi connectivity index (χ2v) is 9.38. The van der Waals surface area contributed by atoms with E-state index >= 15 is 0 Å². The molecule has 1 saturated heterocycles. The number of rotatable bonds is 1. The summed E-state index contributed by atoms with van der Waals surface area (Å²) >= 11 is 0. The van der Waals surface area contributed by atoms with Crippen LogP contribution in [0.25, 0.3) is 0 Å². The zero-order valence-corrected chi connectivity index (χ0v) is 17.3. The van der Waals surface area contributed by atoms with Gasteiger partial charge in [-0.25, -0.2) is 9.18 Å². The molecular formula is C20H29BFNO4. The van der Waals surface area contributed by atoms with Gasteiger partial charge in [-0.05, 0) is 72.1 Å². The van der Waals surface area contributed by atoms with E-state index in [2.05, 4.69) is 0 Å². The van der Waals surface area contributed by atoms with Crippen molar-refractivity contribution in [2.45, 2.75) is 78.2 Å². The molecule has 0 N–H and O–H groups in total. The Hall–Kier alpha value is -1.60. The number of fused-ring (bicyclic) bond motifs is 1. The van der Waals surface area contributed by atoms with E-state index in [1.165, 1.54) is 6.07 Å². The highest BCUT2D eigenvalue weighted by molar-refractivity contribution is 6.62. The van der Waals surface area contributed by atoms with Crippen LogP contribution in [0.2, 0.25) is 0 Å². The van der Waals surface area contributed by atoms with Crippen molar-refractivity contribution in [3.05, 3.63) is 29.1 Å². The van der Waals surface area contributed by atoms with Gasteiger partial charge >= 0.3 is 13.2 Å². The third-order valence-corrected chi connectivity index (χ3v) is 5.49. The fraction of sp³-hybridized carbons (Fsp3) is 0.650. The van der Waals surface area contributed by atoms with Crippen LogP contribution in [0.15, 0.2) is 12.1 Å². The van der Waals surface area contributed by atoms with Gasteiger partial charge in [0.25, 0.3) is 0 Å². The molecule has 2 aliphatic rings. The lowest BCUT2D eigenvalue weighted by molar-refractivity contribution is 0.00578. The maximum absolute atomic E-state index is 14.8. The summed E-state index contributed by atoms with van der Waals surface area (Å²) in [6.07, 6.45) is 0.269. The lowest BCUT2D eigenvalue weighted by Gasteiger charge is -2.32. The molecule has 5 nitrogen and oxygen atoms in total. The summed E-state index contributed by atoms with van der Waals surface area (Å²) in [5.74, 6) is -0.377. The molecule has 2 heterocycles. The first-order chi connectivity index (χ1) is 12.3. The van der Waals surface area contributed by atoms with Crippen LogP contribution in [0.3, 0.4) is 0 Å². The van der Waals surface area contributed by atoms with Crippen LogP contribution in [0, 0.1) is 5.82 Å². The van der Waals surface area contributed by atoms with Crippen molar-refractivity contribution in [3.8, 4) is 0 Å². The summed E-state index contributed by atoms with van der Waals surface area (Å²) < 4.78 is 32.2. The molecule has 148 valence electrons. The number of nitrogens with zero attached hydrogens (tertiary/aromatic N) is 1. The first kappa shape index (κ1) is 20.1. The van der Waals surface area contributed by atoms with E-state index < -0.39 is 23.9 Å². The smallest absolute Gasteiger partial charge is 0.444 e. The third-order valence-electron chi connectivity index (χ3n) is 5.49. The summed E-state index contributed by atoms with van der Waals surface area (Å²) in [5.41, 5.74) is 0.633. The Balaban J connectivity index is 1.80. The number of benzene rings is 1. The molecule has 0 radical (unpaired) electrons. The molecule has 0 spiro atoms. The maximum Gasteiger partial charge on any atom is 0.497 e. The number of halogens is 1. The fourth-order valence-electron chi connectivity index (χ4n) is 3.23. The highest BCUT2D eigenvalue weighted by Crippen LogP contribution is 2.37. The first-order valence-corrected chi connectivity index (χ1v) is 9.44. The minimum Gasteiger partial charge on any atom is -0.444 e. The van der Waals surface area contributed by atoms with Gasteiger partial charge in [-0.3, -0.25) is 0 Å². The second-order valence-electron chi connectivity index (χ2n) is 9.38. The highest BCUT2D eigenvalue weighted by Gasteiger charge is 2.52. The van der Waals surface area contributed by atoms with E-state index in [-0.39, 0.29) is 11.9 Å². The summed E-state index contributed by atoms with van der Waals surface area (Å²) in [7, 11) is -0.732. The SMILES string of the molecule is CC(C)(C)OC(=O)N1CCc2cc(B3OC(C)(C)C(C)(C)O3)c(F)cc2C1. The van der Waals surface area contributed by atoms with Gasteiger partial charge in [0, 0.05) is 18.6 Å². The number of carbonyl (C=O) groups excluding carboxylic acids is 1. The topological polar surface area (TPSA) is 48.0 Å². The third kappa shape index (κ3) is 3.99. The van der Waals surface area contributed by atoms with Crippen LogP contribution in [-0.4, -0.2) is 41.5 Å². The normalized spacial score (nSPS) is 21.2. The minimum absolute atomic E-state index is 0.338. The number of ether oxygens (including phenoxy) is 1. The Labute approximate surface area is 161 Å². The van der Waals surface area contributed by atoms with Gasteiger partial charge < -0.3 is 18.9 Å². The van der Waals surface area contributed by atoms with Crippen molar-refractivity contribution in [2.24, 2.45) is 0 Å². The number of carbonyl (C=O) groups is 1. The van der Waals surface area contributed by atoms with Gasteiger partial charge in [0.1, 0.15) is 11.4 Å². The fourth-order valence-corrected chi connectivity index (χ4v) is 3.23. The van der Waals surface area contributed by atoms with Crippen molar-refractivity contribution in [3.63, 3.8) is 0 Å². The van der Waals surface area contributed by atoms with Crippen molar-refractivity contribution in [2.75, 3.05) is 6.54 Å². The largest absolute Gasteiger partial charge is 0.497 e.